The molecule has 5 rings (SSSR count). The van der Waals surface area contributed by atoms with Gasteiger partial charge in [-0.2, -0.15) is 0 Å². The molecule has 0 saturated heterocycles. The monoisotopic (exact) mass is 511 g/mol. The average Bonchev–Trinajstić information content (AvgIpc) is 3.52. The smallest absolute Gasteiger partial charge is 0.249 e. The summed E-state index contributed by atoms with van der Waals surface area (Å²) in [6.45, 7) is 5.71. The maximum Gasteiger partial charge on any atom is 0.249 e. The van der Waals surface area contributed by atoms with Gasteiger partial charge in [-0.3, -0.25) is 14.5 Å². The zero-order valence-electron chi connectivity index (χ0n) is 22.3. The van der Waals surface area contributed by atoms with Crippen LogP contribution in [-0.2, 0) is 29.0 Å². The largest absolute Gasteiger partial charge is 0.497 e. The molecular formula is C30H33N5O3. The molecule has 3 aromatic carbocycles. The summed E-state index contributed by atoms with van der Waals surface area (Å²) in [5.41, 5.74) is 4.81. The third kappa shape index (κ3) is 5.25. The summed E-state index contributed by atoms with van der Waals surface area (Å²) in [7, 11) is 1.59. The van der Waals surface area contributed by atoms with Gasteiger partial charge in [0.1, 0.15) is 23.9 Å². The Hall–Kier alpha value is -4.20. The van der Waals surface area contributed by atoms with E-state index in [1.807, 2.05) is 75.4 Å². The summed E-state index contributed by atoms with van der Waals surface area (Å²) in [4.78, 5) is 29.8. The van der Waals surface area contributed by atoms with E-state index in [-0.39, 0.29) is 18.4 Å². The van der Waals surface area contributed by atoms with Crippen LogP contribution < -0.4 is 15.0 Å². The second-order valence-electron chi connectivity index (χ2n) is 10.7. The zero-order valence-corrected chi connectivity index (χ0v) is 22.3. The number of fused-ring (bicyclic) bond motifs is 2. The van der Waals surface area contributed by atoms with Gasteiger partial charge in [-0.1, -0.05) is 35.5 Å². The van der Waals surface area contributed by atoms with Crippen LogP contribution in [0.1, 0.15) is 49.9 Å². The molecule has 1 aliphatic carbocycles. The molecule has 1 N–H and O–H groups in total. The minimum atomic E-state index is -0.925. The normalized spacial score (nSPS) is 13.7. The minimum Gasteiger partial charge on any atom is -0.497 e. The molecule has 0 bridgehead atoms. The van der Waals surface area contributed by atoms with Gasteiger partial charge in [0.2, 0.25) is 11.8 Å². The van der Waals surface area contributed by atoms with Crippen LogP contribution in [0.4, 0.5) is 5.69 Å². The molecule has 1 atom stereocenters. The first-order chi connectivity index (χ1) is 18.2. The Kier molecular flexibility index (Phi) is 6.89. The standard InChI is InChI=1S/C30H33N5O3/c1-30(2,3)31-29(37)28(22-11-8-12-24(18-22)38-4)35(23-16-15-20-9-7-10-21(20)17-23)27(36)19-34-26-14-6-5-13-25(26)32-33-34/h5-6,8,11-18,28H,7,9-10,19H2,1-4H3,(H,31,37)/t28-/m1/s1. The number of rotatable bonds is 7. The fraction of sp³-hybridized carbons (Fsp3) is 0.333. The molecule has 0 radical (unpaired) electrons. The number of anilines is 1. The number of carbonyl (C=O) groups is 2. The molecule has 0 saturated carbocycles. The summed E-state index contributed by atoms with van der Waals surface area (Å²) in [6.07, 6.45) is 3.07. The number of carbonyl (C=O) groups excluding carboxylic acids is 2. The van der Waals surface area contributed by atoms with E-state index in [1.165, 1.54) is 11.1 Å². The number of benzene rings is 3. The Morgan fingerprint density at radius 2 is 1.82 bits per heavy atom. The number of nitrogens with zero attached hydrogens (tertiary/aromatic N) is 4. The first-order valence-electron chi connectivity index (χ1n) is 12.9. The van der Waals surface area contributed by atoms with Crippen molar-refractivity contribution >= 4 is 28.5 Å². The predicted octanol–water partition coefficient (Wildman–Crippen LogP) is 4.62. The van der Waals surface area contributed by atoms with Gasteiger partial charge in [0.15, 0.2) is 0 Å². The van der Waals surface area contributed by atoms with Crippen molar-refractivity contribution in [3.8, 4) is 5.75 Å². The van der Waals surface area contributed by atoms with Crippen LogP contribution in [0.5, 0.6) is 5.75 Å². The molecule has 8 nitrogen and oxygen atoms in total. The third-order valence-corrected chi connectivity index (χ3v) is 6.75. The molecule has 4 aromatic rings. The molecular weight excluding hydrogens is 478 g/mol. The van der Waals surface area contributed by atoms with Crippen molar-refractivity contribution in [1.29, 1.82) is 0 Å². The number of hydrogen-bond acceptors (Lipinski definition) is 5. The van der Waals surface area contributed by atoms with Gasteiger partial charge in [0.25, 0.3) is 0 Å². The van der Waals surface area contributed by atoms with Gasteiger partial charge in [0, 0.05) is 11.2 Å². The van der Waals surface area contributed by atoms with Crippen LogP contribution in [0.15, 0.2) is 66.7 Å². The summed E-state index contributed by atoms with van der Waals surface area (Å²) in [5, 5.41) is 11.5. The lowest BCUT2D eigenvalue weighted by atomic mass is 9.99. The second kappa shape index (κ2) is 10.3. The highest BCUT2D eigenvalue weighted by atomic mass is 16.5. The molecule has 1 aromatic heterocycles. The van der Waals surface area contributed by atoms with E-state index in [0.29, 0.717) is 22.5 Å². The number of amides is 2. The van der Waals surface area contributed by atoms with Crippen molar-refractivity contribution in [2.75, 3.05) is 12.0 Å². The Morgan fingerprint density at radius 3 is 2.61 bits per heavy atom. The number of aryl methyl sites for hydroxylation is 2. The van der Waals surface area contributed by atoms with Crippen LogP contribution in [0.2, 0.25) is 0 Å². The van der Waals surface area contributed by atoms with E-state index in [0.717, 1.165) is 24.8 Å². The summed E-state index contributed by atoms with van der Waals surface area (Å²) in [5.74, 6) is 0.0678. The molecule has 8 heteroatoms. The number of nitrogens with one attached hydrogen (secondary N) is 1. The highest BCUT2D eigenvalue weighted by Crippen LogP contribution is 2.34. The first kappa shape index (κ1) is 25.4. The van der Waals surface area contributed by atoms with Crippen LogP contribution >= 0.6 is 0 Å². The van der Waals surface area contributed by atoms with Gasteiger partial charge in [-0.05, 0) is 93.1 Å². The average molecular weight is 512 g/mol. The van der Waals surface area contributed by atoms with Crippen molar-refractivity contribution < 1.29 is 14.3 Å². The zero-order chi connectivity index (χ0) is 26.9. The Balaban J connectivity index is 1.63. The van der Waals surface area contributed by atoms with E-state index in [4.69, 9.17) is 4.74 Å². The lowest BCUT2D eigenvalue weighted by molar-refractivity contribution is -0.128. The molecule has 38 heavy (non-hydrogen) atoms. The highest BCUT2D eigenvalue weighted by Gasteiger charge is 2.35. The molecule has 0 spiro atoms. The topological polar surface area (TPSA) is 89.4 Å². The van der Waals surface area contributed by atoms with E-state index in [1.54, 1.807) is 16.7 Å². The molecule has 0 aliphatic heterocycles. The maximum atomic E-state index is 14.2. The van der Waals surface area contributed by atoms with Crippen molar-refractivity contribution in [3.05, 3.63) is 83.4 Å². The van der Waals surface area contributed by atoms with E-state index in [2.05, 4.69) is 27.8 Å². The van der Waals surface area contributed by atoms with Gasteiger partial charge in [-0.15, -0.1) is 5.10 Å². The number of ether oxygens (including phenoxy) is 1. The molecule has 0 fully saturated rings. The number of methoxy groups -OCH3 is 1. The number of hydrogen-bond donors (Lipinski definition) is 1. The third-order valence-electron chi connectivity index (χ3n) is 6.75. The predicted molar refractivity (Wildman–Crippen MR) is 147 cm³/mol. The van der Waals surface area contributed by atoms with Gasteiger partial charge < -0.3 is 10.1 Å². The maximum absolute atomic E-state index is 14.2. The summed E-state index contributed by atoms with van der Waals surface area (Å²) in [6, 6.07) is 20.0. The van der Waals surface area contributed by atoms with Crippen molar-refractivity contribution in [2.45, 2.75) is 58.2 Å². The molecule has 1 heterocycles. The van der Waals surface area contributed by atoms with Crippen molar-refractivity contribution in [1.82, 2.24) is 20.3 Å². The first-order valence-corrected chi connectivity index (χ1v) is 12.9. The lowest BCUT2D eigenvalue weighted by Crippen LogP contribution is -2.50. The SMILES string of the molecule is COc1cccc([C@H](C(=O)NC(C)(C)C)N(C(=O)Cn2nnc3ccccc32)c2ccc3c(c2)CCC3)c1. The lowest BCUT2D eigenvalue weighted by Gasteiger charge is -2.34. The Morgan fingerprint density at radius 1 is 1.03 bits per heavy atom. The minimum absolute atomic E-state index is 0.0686. The number of aromatic nitrogens is 3. The summed E-state index contributed by atoms with van der Waals surface area (Å²) >= 11 is 0. The van der Waals surface area contributed by atoms with Crippen LogP contribution in [-0.4, -0.2) is 39.5 Å². The number of para-hydroxylation sites is 1. The molecule has 2 amide bonds. The van der Waals surface area contributed by atoms with Gasteiger partial charge in [0.05, 0.1) is 12.6 Å². The van der Waals surface area contributed by atoms with Crippen LogP contribution in [0.25, 0.3) is 11.0 Å². The van der Waals surface area contributed by atoms with E-state index >= 15 is 0 Å². The van der Waals surface area contributed by atoms with E-state index in [9.17, 15) is 9.59 Å². The molecule has 1 aliphatic rings. The van der Waals surface area contributed by atoms with Crippen molar-refractivity contribution in [3.63, 3.8) is 0 Å². The fourth-order valence-electron chi connectivity index (χ4n) is 5.05. The van der Waals surface area contributed by atoms with Crippen molar-refractivity contribution in [2.24, 2.45) is 0 Å². The molecule has 196 valence electrons. The van der Waals surface area contributed by atoms with Crippen LogP contribution in [0, 0.1) is 0 Å². The van der Waals surface area contributed by atoms with Gasteiger partial charge in [-0.25, -0.2) is 4.68 Å². The fourth-order valence-corrected chi connectivity index (χ4v) is 5.05. The van der Waals surface area contributed by atoms with Gasteiger partial charge >= 0.3 is 0 Å². The molecule has 0 unspecified atom stereocenters. The highest BCUT2D eigenvalue weighted by molar-refractivity contribution is 6.02. The Bertz CT molecular complexity index is 1490. The second-order valence-corrected chi connectivity index (χ2v) is 10.7. The summed E-state index contributed by atoms with van der Waals surface area (Å²) < 4.78 is 7.05. The Labute approximate surface area is 222 Å². The quantitative estimate of drug-likeness (QED) is 0.391. The van der Waals surface area contributed by atoms with E-state index < -0.39 is 11.6 Å². The van der Waals surface area contributed by atoms with Crippen LogP contribution in [0.3, 0.4) is 0 Å².